The molecular weight excluding hydrogens is 262 g/mol. The van der Waals surface area contributed by atoms with E-state index < -0.39 is 0 Å². The van der Waals surface area contributed by atoms with Gasteiger partial charge in [0.2, 0.25) is 0 Å². The van der Waals surface area contributed by atoms with Crippen LogP contribution in [0.25, 0.3) is 11.6 Å². The third-order valence-electron chi connectivity index (χ3n) is 4.07. The topological polar surface area (TPSA) is 51.8 Å². The molecule has 1 saturated carbocycles. The molecule has 4 nitrogen and oxygen atoms in total. The highest BCUT2D eigenvalue weighted by Gasteiger charge is 2.17. The number of pyridine rings is 1. The van der Waals surface area contributed by atoms with Crippen molar-refractivity contribution in [2.75, 3.05) is 0 Å². The first-order chi connectivity index (χ1) is 10.3. The van der Waals surface area contributed by atoms with Gasteiger partial charge in [0, 0.05) is 24.4 Å². The van der Waals surface area contributed by atoms with Crippen LogP contribution in [-0.2, 0) is 6.42 Å². The Hall–Kier alpha value is -1.97. The molecule has 0 aliphatic heterocycles. The van der Waals surface area contributed by atoms with Crippen LogP contribution in [0.1, 0.15) is 56.3 Å². The summed E-state index contributed by atoms with van der Waals surface area (Å²) in [7, 11) is 0. The lowest BCUT2D eigenvalue weighted by Gasteiger charge is -2.19. The van der Waals surface area contributed by atoms with Crippen LogP contribution in [-0.4, -0.2) is 15.1 Å². The molecule has 0 atom stereocenters. The van der Waals surface area contributed by atoms with Crippen LogP contribution in [0.5, 0.6) is 0 Å². The molecule has 0 spiro atoms. The largest absolute Gasteiger partial charge is 0.334 e. The quantitative estimate of drug-likeness (QED) is 0.846. The van der Waals surface area contributed by atoms with Crippen molar-refractivity contribution in [1.82, 2.24) is 15.1 Å². The fraction of sp³-hybridized carbons (Fsp3) is 0.471. The second-order valence-corrected chi connectivity index (χ2v) is 5.84. The third kappa shape index (κ3) is 3.78. The van der Waals surface area contributed by atoms with E-state index in [0.29, 0.717) is 5.89 Å². The molecule has 0 bridgehead atoms. The lowest BCUT2D eigenvalue weighted by molar-refractivity contribution is 0.341. The first-order valence-corrected chi connectivity index (χ1v) is 7.72. The van der Waals surface area contributed by atoms with Gasteiger partial charge in [0.1, 0.15) is 0 Å². The second kappa shape index (κ2) is 6.66. The molecule has 3 rings (SSSR count). The Morgan fingerprint density at radius 2 is 2.19 bits per heavy atom. The Bertz CT molecular complexity index is 598. The van der Waals surface area contributed by atoms with E-state index in [1.54, 1.807) is 6.20 Å². The van der Waals surface area contributed by atoms with Crippen LogP contribution in [0.4, 0.5) is 0 Å². The van der Waals surface area contributed by atoms with E-state index >= 15 is 0 Å². The van der Waals surface area contributed by atoms with Gasteiger partial charge in [-0.3, -0.25) is 4.98 Å². The van der Waals surface area contributed by atoms with Crippen molar-refractivity contribution in [3.63, 3.8) is 0 Å². The summed E-state index contributed by atoms with van der Waals surface area (Å²) in [5, 5.41) is 4.13. The second-order valence-electron chi connectivity index (χ2n) is 5.84. The Morgan fingerprint density at radius 1 is 1.33 bits per heavy atom. The molecule has 1 aliphatic rings. The molecule has 0 radical (unpaired) electrons. The summed E-state index contributed by atoms with van der Waals surface area (Å²) in [6.45, 7) is 1.99. The Morgan fingerprint density at radius 3 is 2.95 bits per heavy atom. The number of allylic oxidation sites excluding steroid dienone is 1. The van der Waals surface area contributed by atoms with Crippen LogP contribution in [0.15, 0.2) is 29.0 Å². The zero-order chi connectivity index (χ0) is 14.5. The molecule has 0 aromatic carbocycles. The van der Waals surface area contributed by atoms with E-state index in [9.17, 15) is 0 Å². The average molecular weight is 283 g/mol. The van der Waals surface area contributed by atoms with Gasteiger partial charge >= 0.3 is 0 Å². The molecule has 2 aromatic rings. The molecular formula is C17H21N3O. The van der Waals surface area contributed by atoms with Gasteiger partial charge in [0.05, 0.1) is 0 Å². The summed E-state index contributed by atoms with van der Waals surface area (Å²) in [6.07, 6.45) is 13.2. The van der Waals surface area contributed by atoms with Crippen molar-refractivity contribution < 1.29 is 4.52 Å². The van der Waals surface area contributed by atoms with E-state index in [0.717, 1.165) is 29.3 Å². The summed E-state index contributed by atoms with van der Waals surface area (Å²) in [5.41, 5.74) is 2.02. The lowest BCUT2D eigenvalue weighted by atomic mass is 9.87. The molecule has 1 aliphatic carbocycles. The number of aromatic nitrogens is 3. The van der Waals surface area contributed by atoms with Crippen molar-refractivity contribution in [3.8, 4) is 0 Å². The standard InChI is InChI=1S/C17H21N3O/c1-13(10-15-8-5-9-18-12-15)17-19-16(20-21-17)11-14-6-3-2-4-7-14/h5,8-10,12,14H,2-4,6-7,11H2,1H3. The predicted molar refractivity (Wildman–Crippen MR) is 82.4 cm³/mol. The van der Waals surface area contributed by atoms with Crippen LogP contribution in [0, 0.1) is 5.92 Å². The zero-order valence-electron chi connectivity index (χ0n) is 12.5. The number of hydrogen-bond donors (Lipinski definition) is 0. The van der Waals surface area contributed by atoms with Gasteiger partial charge in [-0.15, -0.1) is 0 Å². The molecule has 0 amide bonds. The molecule has 21 heavy (non-hydrogen) atoms. The van der Waals surface area contributed by atoms with Crippen molar-refractivity contribution in [1.29, 1.82) is 0 Å². The van der Waals surface area contributed by atoms with Crippen LogP contribution in [0.2, 0.25) is 0 Å². The van der Waals surface area contributed by atoms with Gasteiger partial charge in [0.15, 0.2) is 5.82 Å². The molecule has 4 heteroatoms. The zero-order valence-corrected chi connectivity index (χ0v) is 12.5. The van der Waals surface area contributed by atoms with E-state index in [1.165, 1.54) is 32.1 Å². The predicted octanol–water partition coefficient (Wildman–Crippen LogP) is 4.15. The lowest BCUT2D eigenvalue weighted by Crippen LogP contribution is -2.10. The molecule has 110 valence electrons. The molecule has 0 N–H and O–H groups in total. The van der Waals surface area contributed by atoms with Gasteiger partial charge in [0.25, 0.3) is 5.89 Å². The summed E-state index contributed by atoms with van der Waals surface area (Å²) >= 11 is 0. The van der Waals surface area contributed by atoms with Crippen LogP contribution < -0.4 is 0 Å². The van der Waals surface area contributed by atoms with Crippen molar-refractivity contribution >= 4 is 11.6 Å². The normalized spacial score (nSPS) is 17.1. The molecule has 0 unspecified atom stereocenters. The smallest absolute Gasteiger partial charge is 0.253 e. The maximum absolute atomic E-state index is 5.39. The first kappa shape index (κ1) is 14.0. The van der Waals surface area contributed by atoms with Crippen molar-refractivity contribution in [2.24, 2.45) is 5.92 Å². The summed E-state index contributed by atoms with van der Waals surface area (Å²) in [5.74, 6) is 2.19. The van der Waals surface area contributed by atoms with E-state index in [2.05, 4.69) is 15.1 Å². The van der Waals surface area contributed by atoms with Gasteiger partial charge < -0.3 is 4.52 Å². The minimum absolute atomic E-state index is 0.615. The Kier molecular flexibility index (Phi) is 4.43. The summed E-state index contributed by atoms with van der Waals surface area (Å²) in [4.78, 5) is 8.64. The average Bonchev–Trinajstić information content (AvgIpc) is 2.98. The SMILES string of the molecule is CC(=Cc1cccnc1)c1nc(CC2CCCCC2)no1. The Balaban J connectivity index is 1.68. The van der Waals surface area contributed by atoms with Gasteiger partial charge in [-0.2, -0.15) is 4.98 Å². The van der Waals surface area contributed by atoms with Gasteiger partial charge in [-0.05, 0) is 30.5 Å². The van der Waals surface area contributed by atoms with Crippen LogP contribution in [0.3, 0.4) is 0 Å². The van der Waals surface area contributed by atoms with Crippen molar-refractivity contribution in [3.05, 3.63) is 41.8 Å². The highest BCUT2D eigenvalue weighted by molar-refractivity contribution is 5.76. The van der Waals surface area contributed by atoms with Gasteiger partial charge in [-0.1, -0.05) is 43.3 Å². The van der Waals surface area contributed by atoms with E-state index in [4.69, 9.17) is 4.52 Å². The Labute approximate surface area is 125 Å². The number of hydrogen-bond acceptors (Lipinski definition) is 4. The number of nitrogens with zero attached hydrogens (tertiary/aromatic N) is 3. The fourth-order valence-electron chi connectivity index (χ4n) is 2.92. The summed E-state index contributed by atoms with van der Waals surface area (Å²) < 4.78 is 5.39. The minimum Gasteiger partial charge on any atom is -0.334 e. The minimum atomic E-state index is 0.615. The van der Waals surface area contributed by atoms with Gasteiger partial charge in [-0.25, -0.2) is 0 Å². The highest BCUT2D eigenvalue weighted by atomic mass is 16.5. The van der Waals surface area contributed by atoms with Crippen molar-refractivity contribution in [2.45, 2.75) is 45.4 Å². The molecule has 0 saturated heterocycles. The fourth-order valence-corrected chi connectivity index (χ4v) is 2.92. The molecule has 2 heterocycles. The number of rotatable bonds is 4. The maximum atomic E-state index is 5.39. The van der Waals surface area contributed by atoms with E-state index in [-0.39, 0.29) is 0 Å². The maximum Gasteiger partial charge on any atom is 0.253 e. The monoisotopic (exact) mass is 283 g/mol. The summed E-state index contributed by atoms with van der Waals surface area (Å²) in [6, 6.07) is 3.93. The highest BCUT2D eigenvalue weighted by Crippen LogP contribution is 2.26. The third-order valence-corrected chi connectivity index (χ3v) is 4.07. The molecule has 2 aromatic heterocycles. The molecule has 1 fully saturated rings. The first-order valence-electron chi connectivity index (χ1n) is 7.72. The van der Waals surface area contributed by atoms with Crippen LogP contribution >= 0.6 is 0 Å². The van der Waals surface area contributed by atoms with E-state index in [1.807, 2.05) is 31.3 Å².